The molecule has 1 aliphatic rings. The summed E-state index contributed by atoms with van der Waals surface area (Å²) < 4.78 is 5.95. The second-order valence-electron chi connectivity index (χ2n) is 6.89. The lowest BCUT2D eigenvalue weighted by atomic mass is 10.1. The van der Waals surface area contributed by atoms with Crippen molar-refractivity contribution < 1.29 is 9.84 Å². The molecule has 136 valence electrons. The van der Waals surface area contributed by atoms with Crippen LogP contribution in [0.3, 0.4) is 0 Å². The number of hydrogen-bond donors (Lipinski definition) is 3. The Morgan fingerprint density at radius 3 is 2.96 bits per heavy atom. The molecule has 0 radical (unpaired) electrons. The van der Waals surface area contributed by atoms with Gasteiger partial charge in [0.15, 0.2) is 5.65 Å². The molecule has 1 aromatic carbocycles. The van der Waals surface area contributed by atoms with Gasteiger partial charge in [0.2, 0.25) is 0 Å². The lowest BCUT2D eigenvalue weighted by molar-refractivity contribution is -0.00729. The van der Waals surface area contributed by atoms with Crippen molar-refractivity contribution in [3.63, 3.8) is 0 Å². The van der Waals surface area contributed by atoms with Crippen molar-refractivity contribution in [2.45, 2.75) is 44.4 Å². The largest absolute Gasteiger partial charge is 0.386 e. The number of aromatic nitrogens is 4. The highest BCUT2D eigenvalue weighted by Gasteiger charge is 2.26. The van der Waals surface area contributed by atoms with Gasteiger partial charge in [0.25, 0.3) is 0 Å². The Kier molecular flexibility index (Phi) is 4.81. The summed E-state index contributed by atoms with van der Waals surface area (Å²) >= 11 is 0. The van der Waals surface area contributed by atoms with Crippen LogP contribution in [0.4, 0.5) is 5.82 Å². The van der Waals surface area contributed by atoms with Gasteiger partial charge in [-0.2, -0.15) is 5.10 Å². The number of aryl methyl sites for hydroxylation is 1. The highest BCUT2D eigenvalue weighted by atomic mass is 16.5. The van der Waals surface area contributed by atoms with Crippen molar-refractivity contribution in [3.05, 3.63) is 47.9 Å². The van der Waals surface area contributed by atoms with Gasteiger partial charge in [0, 0.05) is 6.04 Å². The Bertz CT molecular complexity index is 864. The van der Waals surface area contributed by atoms with E-state index >= 15 is 0 Å². The highest BCUT2D eigenvalue weighted by Crippen LogP contribution is 2.27. The van der Waals surface area contributed by atoms with Crippen molar-refractivity contribution >= 4 is 16.9 Å². The predicted molar refractivity (Wildman–Crippen MR) is 98.8 cm³/mol. The lowest BCUT2D eigenvalue weighted by Gasteiger charge is -2.17. The van der Waals surface area contributed by atoms with Crippen molar-refractivity contribution in [1.82, 2.24) is 20.2 Å². The van der Waals surface area contributed by atoms with Crippen LogP contribution in [0.25, 0.3) is 11.0 Å². The fourth-order valence-electron chi connectivity index (χ4n) is 3.41. The molecule has 7 heteroatoms. The molecule has 3 aromatic rings. The van der Waals surface area contributed by atoms with E-state index in [4.69, 9.17) is 4.74 Å². The molecule has 0 aliphatic heterocycles. The molecule has 7 nitrogen and oxygen atoms in total. The Labute approximate surface area is 151 Å². The number of rotatable bonds is 6. The number of nitrogens with one attached hydrogen (secondary N) is 2. The van der Waals surface area contributed by atoms with Gasteiger partial charge in [-0.25, -0.2) is 9.97 Å². The average Bonchev–Trinajstić information content (AvgIpc) is 3.30. The van der Waals surface area contributed by atoms with Crippen molar-refractivity contribution in [2.24, 2.45) is 0 Å². The second kappa shape index (κ2) is 7.39. The number of aliphatic hydroxyl groups excluding tert-OH is 1. The maximum absolute atomic E-state index is 10.3. The highest BCUT2D eigenvalue weighted by molar-refractivity contribution is 5.85. The van der Waals surface area contributed by atoms with Crippen LogP contribution in [0.5, 0.6) is 0 Å². The van der Waals surface area contributed by atoms with E-state index in [-0.39, 0.29) is 6.10 Å². The molecule has 3 atom stereocenters. The summed E-state index contributed by atoms with van der Waals surface area (Å²) in [6, 6.07) is 8.21. The Balaban J connectivity index is 1.30. The van der Waals surface area contributed by atoms with E-state index in [1.54, 1.807) is 6.20 Å². The first-order valence-electron chi connectivity index (χ1n) is 8.96. The third kappa shape index (κ3) is 3.68. The number of nitrogens with zero attached hydrogens (tertiary/aromatic N) is 3. The molecule has 3 N–H and O–H groups in total. The number of aliphatic hydroxyl groups is 1. The van der Waals surface area contributed by atoms with Crippen LogP contribution in [0.2, 0.25) is 0 Å². The van der Waals surface area contributed by atoms with Gasteiger partial charge in [-0.05, 0) is 31.7 Å². The van der Waals surface area contributed by atoms with E-state index in [2.05, 4.69) is 25.5 Å². The Morgan fingerprint density at radius 1 is 1.27 bits per heavy atom. The third-order valence-electron chi connectivity index (χ3n) is 4.93. The summed E-state index contributed by atoms with van der Waals surface area (Å²) in [6.07, 6.45) is 5.70. The summed E-state index contributed by atoms with van der Waals surface area (Å²) in [5, 5.41) is 21.5. The van der Waals surface area contributed by atoms with Crippen molar-refractivity contribution in [1.29, 1.82) is 0 Å². The third-order valence-corrected chi connectivity index (χ3v) is 4.93. The molecule has 1 fully saturated rings. The summed E-state index contributed by atoms with van der Waals surface area (Å²) in [7, 11) is 0. The second-order valence-corrected chi connectivity index (χ2v) is 6.89. The van der Waals surface area contributed by atoms with E-state index in [9.17, 15) is 5.11 Å². The van der Waals surface area contributed by atoms with Gasteiger partial charge < -0.3 is 15.2 Å². The van der Waals surface area contributed by atoms with Gasteiger partial charge in [0.1, 0.15) is 18.2 Å². The first-order valence-corrected chi connectivity index (χ1v) is 8.96. The molecule has 26 heavy (non-hydrogen) atoms. The average molecular weight is 353 g/mol. The molecule has 0 amide bonds. The maximum Gasteiger partial charge on any atom is 0.160 e. The zero-order valence-corrected chi connectivity index (χ0v) is 14.7. The van der Waals surface area contributed by atoms with Gasteiger partial charge in [-0.15, -0.1) is 0 Å². The standard InChI is InChI=1S/C19H23N5O2/c1-12-2-4-13(5-3-12)17(25)10-26-15-7-6-14(8-15)23-18-16-9-22-24-19(16)21-11-20-18/h2-5,9,11,14-15,17,25H,6-8,10H2,1H3,(H2,20,21,22,23,24)/t14-,15?,17-/m0/s1. The van der Waals surface area contributed by atoms with E-state index < -0.39 is 6.10 Å². The minimum Gasteiger partial charge on any atom is -0.386 e. The topological polar surface area (TPSA) is 96.0 Å². The van der Waals surface area contributed by atoms with E-state index in [1.165, 1.54) is 11.9 Å². The van der Waals surface area contributed by atoms with Crippen molar-refractivity contribution in [3.8, 4) is 0 Å². The number of anilines is 1. The molecular weight excluding hydrogens is 330 g/mol. The summed E-state index contributed by atoms with van der Waals surface area (Å²) in [4.78, 5) is 8.48. The molecule has 1 aliphatic carbocycles. The maximum atomic E-state index is 10.3. The number of ether oxygens (including phenoxy) is 1. The number of benzene rings is 1. The van der Waals surface area contributed by atoms with Crippen LogP contribution in [0.1, 0.15) is 36.5 Å². The molecule has 2 heterocycles. The molecule has 4 rings (SSSR count). The summed E-state index contributed by atoms with van der Waals surface area (Å²) in [5.41, 5.74) is 2.81. The zero-order chi connectivity index (χ0) is 17.9. The Hall–Kier alpha value is -2.51. The van der Waals surface area contributed by atoms with Crippen LogP contribution in [-0.4, -0.2) is 44.0 Å². The van der Waals surface area contributed by atoms with Gasteiger partial charge in [0.05, 0.1) is 24.3 Å². The van der Waals surface area contributed by atoms with Crippen LogP contribution in [0.15, 0.2) is 36.8 Å². The first kappa shape index (κ1) is 16.9. The number of hydrogen-bond acceptors (Lipinski definition) is 6. The minimum absolute atomic E-state index is 0.147. The predicted octanol–water partition coefficient (Wildman–Crippen LogP) is 2.74. The molecule has 0 spiro atoms. The monoisotopic (exact) mass is 353 g/mol. The van der Waals surface area contributed by atoms with E-state index in [0.29, 0.717) is 12.6 Å². The smallest absolute Gasteiger partial charge is 0.160 e. The van der Waals surface area contributed by atoms with Gasteiger partial charge in [-0.3, -0.25) is 5.10 Å². The Morgan fingerprint density at radius 2 is 2.12 bits per heavy atom. The van der Waals surface area contributed by atoms with E-state index in [0.717, 1.165) is 41.7 Å². The van der Waals surface area contributed by atoms with Crippen LogP contribution in [0, 0.1) is 6.92 Å². The number of aromatic amines is 1. The van der Waals surface area contributed by atoms with Gasteiger partial charge >= 0.3 is 0 Å². The molecule has 1 saturated carbocycles. The quantitative estimate of drug-likeness (QED) is 0.631. The fourth-order valence-corrected chi connectivity index (χ4v) is 3.41. The summed E-state index contributed by atoms with van der Waals surface area (Å²) in [5.74, 6) is 0.800. The fraction of sp³-hybridized carbons (Fsp3) is 0.421. The first-order chi connectivity index (χ1) is 12.7. The summed E-state index contributed by atoms with van der Waals surface area (Å²) in [6.45, 7) is 2.35. The normalized spacial score (nSPS) is 21.2. The molecule has 2 aromatic heterocycles. The van der Waals surface area contributed by atoms with Crippen LogP contribution < -0.4 is 5.32 Å². The SMILES string of the molecule is Cc1ccc([C@@H](O)COC2CC[C@H](Nc3ncnc4[nH]ncc34)C2)cc1. The number of H-pyrrole nitrogens is 1. The minimum atomic E-state index is -0.588. The van der Waals surface area contributed by atoms with Crippen LogP contribution >= 0.6 is 0 Å². The molecule has 0 bridgehead atoms. The lowest BCUT2D eigenvalue weighted by Crippen LogP contribution is -2.20. The zero-order valence-electron chi connectivity index (χ0n) is 14.7. The van der Waals surface area contributed by atoms with Gasteiger partial charge in [-0.1, -0.05) is 29.8 Å². The van der Waals surface area contributed by atoms with E-state index in [1.807, 2.05) is 31.2 Å². The molecule has 1 unspecified atom stereocenters. The molecule has 0 saturated heterocycles. The molecular formula is C19H23N5O2. The van der Waals surface area contributed by atoms with Crippen molar-refractivity contribution in [2.75, 3.05) is 11.9 Å². The van der Waals surface area contributed by atoms with Crippen LogP contribution in [-0.2, 0) is 4.74 Å². The number of fused-ring (bicyclic) bond motifs is 1.